The maximum Gasteiger partial charge on any atom is 0.169 e. The third-order valence-electron chi connectivity index (χ3n) is 5.84. The van der Waals surface area contributed by atoms with Crippen LogP contribution in [0.25, 0.3) is 21.5 Å². The molecule has 132 valence electrons. The van der Waals surface area contributed by atoms with Gasteiger partial charge in [0.25, 0.3) is 0 Å². The number of benzene rings is 4. The highest BCUT2D eigenvalue weighted by atomic mass is 16.3. The van der Waals surface area contributed by atoms with E-state index in [2.05, 4.69) is 24.3 Å². The zero-order valence-electron chi connectivity index (χ0n) is 14.9. The minimum atomic E-state index is -0.805. The van der Waals surface area contributed by atoms with Crippen molar-refractivity contribution in [3.63, 3.8) is 0 Å². The number of Topliss-reactive ketones (excluding diaryl/α,β-unsaturated/α-hetero) is 1. The predicted octanol–water partition coefficient (Wildman–Crippen LogP) is 5.47. The molecule has 0 aliphatic heterocycles. The van der Waals surface area contributed by atoms with Crippen LogP contribution in [0.1, 0.15) is 34.0 Å². The second-order valence-electron chi connectivity index (χ2n) is 7.34. The molecular weight excluding hydrogens is 332 g/mol. The maximum absolute atomic E-state index is 13.1. The molecule has 0 bridgehead atoms. The Labute approximate surface area is 158 Å². The fourth-order valence-corrected chi connectivity index (χ4v) is 4.47. The first-order chi connectivity index (χ1) is 13.2. The molecule has 0 heterocycles. The summed E-state index contributed by atoms with van der Waals surface area (Å²) in [5.41, 5.74) is 2.70. The molecule has 1 aliphatic rings. The van der Waals surface area contributed by atoms with E-state index in [4.69, 9.17) is 0 Å². The van der Waals surface area contributed by atoms with Gasteiger partial charge < -0.3 is 5.11 Å². The van der Waals surface area contributed by atoms with Crippen LogP contribution < -0.4 is 0 Å². The molecule has 27 heavy (non-hydrogen) atoms. The molecule has 1 N–H and O–H groups in total. The van der Waals surface area contributed by atoms with Crippen molar-refractivity contribution in [2.24, 2.45) is 5.92 Å². The summed E-state index contributed by atoms with van der Waals surface area (Å²) in [6.07, 6.45) is 0.702. The fourth-order valence-electron chi connectivity index (χ4n) is 4.47. The molecule has 4 aromatic rings. The monoisotopic (exact) mass is 352 g/mol. The Morgan fingerprint density at radius 3 is 2.33 bits per heavy atom. The normalized spacial score (nSPS) is 17.8. The number of carbonyl (C=O) groups excluding carboxylic acids is 1. The number of hydrogen-bond donors (Lipinski definition) is 1. The number of fused-ring (bicyclic) bond motifs is 4. The summed E-state index contributed by atoms with van der Waals surface area (Å²) < 4.78 is 0. The third kappa shape index (κ3) is 2.56. The first-order valence-corrected chi connectivity index (χ1v) is 9.44. The van der Waals surface area contributed by atoms with E-state index in [9.17, 15) is 9.90 Å². The lowest BCUT2D eigenvalue weighted by Crippen LogP contribution is -2.28. The lowest BCUT2D eigenvalue weighted by molar-refractivity contribution is 0.0642. The van der Waals surface area contributed by atoms with Gasteiger partial charge in [-0.25, -0.2) is 0 Å². The zero-order chi connectivity index (χ0) is 18.4. The molecule has 0 unspecified atom stereocenters. The summed E-state index contributed by atoms with van der Waals surface area (Å²) in [4.78, 5) is 13.1. The van der Waals surface area contributed by atoms with Crippen molar-refractivity contribution in [1.29, 1.82) is 0 Å². The molecule has 0 spiro atoms. The van der Waals surface area contributed by atoms with Crippen LogP contribution in [0.3, 0.4) is 0 Å². The highest BCUT2D eigenvalue weighted by Gasteiger charge is 2.34. The average molecular weight is 352 g/mol. The minimum absolute atomic E-state index is 0.0570. The molecule has 0 saturated heterocycles. The maximum atomic E-state index is 13.1. The van der Waals surface area contributed by atoms with Crippen molar-refractivity contribution in [1.82, 2.24) is 0 Å². The van der Waals surface area contributed by atoms with E-state index >= 15 is 0 Å². The fraction of sp³-hybridized carbons (Fsp3) is 0.160. The molecule has 2 heteroatoms. The lowest BCUT2D eigenvalue weighted by atomic mass is 9.77. The minimum Gasteiger partial charge on any atom is -0.388 e. The number of hydrogen-bond acceptors (Lipinski definition) is 2. The molecule has 5 rings (SSSR count). The van der Waals surface area contributed by atoms with Crippen LogP contribution in [-0.4, -0.2) is 10.9 Å². The van der Waals surface area contributed by atoms with Crippen LogP contribution >= 0.6 is 0 Å². The summed E-state index contributed by atoms with van der Waals surface area (Å²) in [7, 11) is 0. The van der Waals surface area contributed by atoms with Gasteiger partial charge in [0.15, 0.2) is 5.78 Å². The third-order valence-corrected chi connectivity index (χ3v) is 5.84. The van der Waals surface area contributed by atoms with Crippen LogP contribution in [0.5, 0.6) is 0 Å². The number of aliphatic hydroxyl groups is 1. The Hall–Kier alpha value is -2.97. The Bertz CT molecular complexity index is 1180. The van der Waals surface area contributed by atoms with Crippen molar-refractivity contribution in [3.8, 4) is 0 Å². The Kier molecular flexibility index (Phi) is 3.80. The van der Waals surface area contributed by atoms with E-state index in [1.165, 1.54) is 5.39 Å². The molecule has 2 atom stereocenters. The van der Waals surface area contributed by atoms with Crippen molar-refractivity contribution in [3.05, 3.63) is 95.6 Å². The summed E-state index contributed by atoms with van der Waals surface area (Å²) in [6, 6.07) is 26.2. The van der Waals surface area contributed by atoms with E-state index in [0.717, 1.165) is 39.3 Å². The standard InChI is InChI=1S/C25H20O2/c26-24-19-10-4-1-7-16(19)13-14-22(24)25(27)23-15-17-8-2-3-9-18(17)20-11-5-6-12-21(20)23/h1-12,15,22,25,27H,13-14H2/t22-,25+/m1/s1. The number of rotatable bonds is 2. The van der Waals surface area contributed by atoms with Crippen LogP contribution in [0.2, 0.25) is 0 Å². The number of carbonyl (C=O) groups is 1. The summed E-state index contributed by atoms with van der Waals surface area (Å²) in [6.45, 7) is 0. The van der Waals surface area contributed by atoms with Crippen molar-refractivity contribution in [2.45, 2.75) is 18.9 Å². The number of aryl methyl sites for hydroxylation is 1. The molecule has 0 saturated carbocycles. The SMILES string of the molecule is O=C1c2ccccc2CC[C@H]1[C@H](O)c1cc2ccccc2c2ccccc12. The van der Waals surface area contributed by atoms with Gasteiger partial charge in [0.05, 0.1) is 12.0 Å². The molecular formula is C25H20O2. The van der Waals surface area contributed by atoms with E-state index in [0.29, 0.717) is 6.42 Å². The van der Waals surface area contributed by atoms with E-state index in [1.54, 1.807) is 0 Å². The second-order valence-corrected chi connectivity index (χ2v) is 7.34. The summed E-state index contributed by atoms with van der Waals surface area (Å²) >= 11 is 0. The van der Waals surface area contributed by atoms with Gasteiger partial charge in [-0.1, -0.05) is 72.8 Å². The van der Waals surface area contributed by atoms with Crippen molar-refractivity contribution >= 4 is 27.3 Å². The highest BCUT2D eigenvalue weighted by Crippen LogP contribution is 2.39. The molecule has 2 nitrogen and oxygen atoms in total. The molecule has 0 fully saturated rings. The highest BCUT2D eigenvalue weighted by molar-refractivity contribution is 6.09. The van der Waals surface area contributed by atoms with Gasteiger partial charge in [0.2, 0.25) is 0 Å². The van der Waals surface area contributed by atoms with Crippen molar-refractivity contribution in [2.75, 3.05) is 0 Å². The summed E-state index contributed by atoms with van der Waals surface area (Å²) in [5, 5.41) is 15.7. The Morgan fingerprint density at radius 1 is 0.815 bits per heavy atom. The largest absolute Gasteiger partial charge is 0.388 e. The van der Waals surface area contributed by atoms with Gasteiger partial charge in [-0.2, -0.15) is 0 Å². The van der Waals surface area contributed by atoms with Crippen LogP contribution in [-0.2, 0) is 6.42 Å². The topological polar surface area (TPSA) is 37.3 Å². The van der Waals surface area contributed by atoms with E-state index in [1.807, 2.05) is 54.6 Å². The van der Waals surface area contributed by atoms with Crippen LogP contribution in [0.4, 0.5) is 0 Å². The number of ketones is 1. The first kappa shape index (κ1) is 16.2. The van der Waals surface area contributed by atoms with Gasteiger partial charge in [-0.05, 0) is 51.6 Å². The summed E-state index contributed by atoms with van der Waals surface area (Å²) in [5.74, 6) is -0.342. The lowest BCUT2D eigenvalue weighted by Gasteiger charge is -2.28. The molecule has 0 aromatic heterocycles. The van der Waals surface area contributed by atoms with Crippen molar-refractivity contribution < 1.29 is 9.90 Å². The molecule has 0 amide bonds. The van der Waals surface area contributed by atoms with Gasteiger partial charge in [0.1, 0.15) is 0 Å². The van der Waals surface area contributed by atoms with E-state index < -0.39 is 12.0 Å². The van der Waals surface area contributed by atoms with Crippen LogP contribution in [0, 0.1) is 5.92 Å². The molecule has 1 aliphatic carbocycles. The zero-order valence-corrected chi connectivity index (χ0v) is 14.9. The smallest absolute Gasteiger partial charge is 0.169 e. The van der Waals surface area contributed by atoms with Gasteiger partial charge >= 0.3 is 0 Å². The van der Waals surface area contributed by atoms with Crippen LogP contribution in [0.15, 0.2) is 78.9 Å². The Morgan fingerprint density at radius 2 is 1.48 bits per heavy atom. The van der Waals surface area contributed by atoms with E-state index in [-0.39, 0.29) is 5.78 Å². The molecule has 4 aromatic carbocycles. The van der Waals surface area contributed by atoms with Gasteiger partial charge in [0, 0.05) is 5.56 Å². The molecule has 0 radical (unpaired) electrons. The Balaban J connectivity index is 1.66. The van der Waals surface area contributed by atoms with Gasteiger partial charge in [-0.15, -0.1) is 0 Å². The van der Waals surface area contributed by atoms with Gasteiger partial charge in [-0.3, -0.25) is 4.79 Å². The number of aliphatic hydroxyl groups excluding tert-OH is 1. The first-order valence-electron chi connectivity index (χ1n) is 9.44. The predicted molar refractivity (Wildman–Crippen MR) is 109 cm³/mol. The quantitative estimate of drug-likeness (QED) is 0.486. The average Bonchev–Trinajstić information content (AvgIpc) is 2.73. The second kappa shape index (κ2) is 6.33.